The van der Waals surface area contributed by atoms with E-state index in [-0.39, 0.29) is 23.5 Å². The Labute approximate surface area is 111 Å². The topological polar surface area (TPSA) is 55.1 Å². The lowest BCUT2D eigenvalue weighted by Gasteiger charge is -2.17. The van der Waals surface area contributed by atoms with Gasteiger partial charge in [-0.05, 0) is 31.0 Å². The molecular weight excluding hydrogens is 251 g/mol. The number of thioether (sulfide) groups is 1. The maximum atomic E-state index is 13.5. The van der Waals surface area contributed by atoms with Gasteiger partial charge in [-0.3, -0.25) is 4.79 Å². The Hall–Kier alpha value is -1.23. The highest BCUT2D eigenvalue weighted by molar-refractivity contribution is 8.00. The SMILES string of the molecule is CC(C)C(C)NC(=O)CSc1ccc(N)cc1F. The van der Waals surface area contributed by atoms with Crippen LogP contribution in [0.5, 0.6) is 0 Å². The molecule has 1 amide bonds. The number of hydrogen-bond donors (Lipinski definition) is 2. The summed E-state index contributed by atoms with van der Waals surface area (Å²) in [5, 5.41) is 2.87. The molecule has 0 fully saturated rings. The van der Waals surface area contributed by atoms with Crippen LogP contribution in [0.25, 0.3) is 0 Å². The molecule has 100 valence electrons. The first kappa shape index (κ1) is 14.8. The van der Waals surface area contributed by atoms with Gasteiger partial charge < -0.3 is 11.1 Å². The zero-order valence-corrected chi connectivity index (χ0v) is 11.7. The Balaban J connectivity index is 2.47. The highest BCUT2D eigenvalue weighted by Crippen LogP contribution is 2.23. The molecule has 0 saturated heterocycles. The summed E-state index contributed by atoms with van der Waals surface area (Å²) < 4.78 is 13.5. The number of nitrogens with one attached hydrogen (secondary N) is 1. The molecule has 0 aromatic heterocycles. The smallest absolute Gasteiger partial charge is 0.230 e. The second-order valence-electron chi connectivity index (χ2n) is 4.58. The monoisotopic (exact) mass is 270 g/mol. The van der Waals surface area contributed by atoms with Gasteiger partial charge in [0.25, 0.3) is 0 Å². The van der Waals surface area contributed by atoms with E-state index in [1.807, 2.05) is 20.8 Å². The largest absolute Gasteiger partial charge is 0.399 e. The van der Waals surface area contributed by atoms with Crippen LogP contribution in [-0.4, -0.2) is 17.7 Å². The highest BCUT2D eigenvalue weighted by atomic mass is 32.2. The highest BCUT2D eigenvalue weighted by Gasteiger charge is 2.12. The summed E-state index contributed by atoms with van der Waals surface area (Å²) in [6.45, 7) is 6.03. The minimum Gasteiger partial charge on any atom is -0.399 e. The Bertz CT molecular complexity index is 423. The van der Waals surface area contributed by atoms with Crippen LogP contribution < -0.4 is 11.1 Å². The Morgan fingerprint density at radius 3 is 2.67 bits per heavy atom. The molecule has 3 N–H and O–H groups in total. The maximum absolute atomic E-state index is 13.5. The molecule has 0 saturated carbocycles. The number of nitrogens with two attached hydrogens (primary N) is 1. The van der Waals surface area contributed by atoms with Crippen LogP contribution in [0.3, 0.4) is 0 Å². The van der Waals surface area contributed by atoms with Crippen LogP contribution in [0, 0.1) is 11.7 Å². The van der Waals surface area contributed by atoms with Gasteiger partial charge in [0.1, 0.15) is 5.82 Å². The van der Waals surface area contributed by atoms with Crippen LogP contribution in [0.2, 0.25) is 0 Å². The summed E-state index contributed by atoms with van der Waals surface area (Å²) in [4.78, 5) is 12.1. The van der Waals surface area contributed by atoms with E-state index in [9.17, 15) is 9.18 Å². The number of carbonyl (C=O) groups excluding carboxylic acids is 1. The molecule has 0 spiro atoms. The first-order chi connectivity index (χ1) is 8.40. The van der Waals surface area contributed by atoms with Crippen molar-refractivity contribution in [3.8, 4) is 0 Å². The summed E-state index contributed by atoms with van der Waals surface area (Å²) in [6, 6.07) is 4.60. The van der Waals surface area contributed by atoms with Gasteiger partial charge in [0.05, 0.1) is 5.75 Å². The molecular formula is C13H19FN2OS. The molecule has 0 aliphatic carbocycles. The van der Waals surface area contributed by atoms with Crippen LogP contribution >= 0.6 is 11.8 Å². The molecule has 0 heterocycles. The Morgan fingerprint density at radius 1 is 1.44 bits per heavy atom. The molecule has 0 bridgehead atoms. The van der Waals surface area contributed by atoms with E-state index >= 15 is 0 Å². The normalized spacial score (nSPS) is 12.5. The molecule has 1 aromatic rings. The van der Waals surface area contributed by atoms with Crippen LogP contribution in [-0.2, 0) is 4.79 Å². The van der Waals surface area contributed by atoms with Gasteiger partial charge in [-0.1, -0.05) is 13.8 Å². The van der Waals surface area contributed by atoms with Crippen LogP contribution in [0.1, 0.15) is 20.8 Å². The fourth-order valence-electron chi connectivity index (χ4n) is 1.24. The second-order valence-corrected chi connectivity index (χ2v) is 5.60. The Morgan fingerprint density at radius 2 is 2.11 bits per heavy atom. The molecule has 1 unspecified atom stereocenters. The van der Waals surface area contributed by atoms with Gasteiger partial charge in [-0.25, -0.2) is 4.39 Å². The predicted molar refractivity (Wildman–Crippen MR) is 74.0 cm³/mol. The lowest BCUT2D eigenvalue weighted by Crippen LogP contribution is -2.37. The van der Waals surface area contributed by atoms with Crippen molar-refractivity contribution >= 4 is 23.4 Å². The molecule has 5 heteroatoms. The number of benzene rings is 1. The average molecular weight is 270 g/mol. The van der Waals surface area contributed by atoms with Crippen molar-refractivity contribution in [2.24, 2.45) is 5.92 Å². The number of amides is 1. The quantitative estimate of drug-likeness (QED) is 0.639. The third kappa shape index (κ3) is 4.56. The molecule has 18 heavy (non-hydrogen) atoms. The van der Waals surface area contributed by atoms with Crippen molar-refractivity contribution in [2.75, 3.05) is 11.5 Å². The first-order valence-corrected chi connectivity index (χ1v) is 6.86. The van der Waals surface area contributed by atoms with Gasteiger partial charge in [0, 0.05) is 16.6 Å². The summed E-state index contributed by atoms with van der Waals surface area (Å²) in [5.74, 6) is 0.118. The standard InChI is InChI=1S/C13H19FN2OS/c1-8(2)9(3)16-13(17)7-18-12-5-4-10(15)6-11(12)14/h4-6,8-9H,7,15H2,1-3H3,(H,16,17). The van der Waals surface area contributed by atoms with E-state index in [1.165, 1.54) is 17.8 Å². The van der Waals surface area contributed by atoms with Crippen molar-refractivity contribution in [1.29, 1.82) is 0 Å². The molecule has 0 radical (unpaired) electrons. The van der Waals surface area contributed by atoms with Gasteiger partial charge in [-0.2, -0.15) is 0 Å². The fraction of sp³-hybridized carbons (Fsp3) is 0.462. The Kier molecular flexibility index (Phi) is 5.47. The van der Waals surface area contributed by atoms with Crippen LogP contribution in [0.4, 0.5) is 10.1 Å². The molecule has 1 aromatic carbocycles. The van der Waals surface area contributed by atoms with E-state index in [4.69, 9.17) is 5.73 Å². The van der Waals surface area contributed by atoms with Gasteiger partial charge in [0.15, 0.2) is 0 Å². The zero-order chi connectivity index (χ0) is 13.7. The molecule has 3 nitrogen and oxygen atoms in total. The number of nitrogen functional groups attached to an aromatic ring is 1. The van der Waals surface area contributed by atoms with E-state index in [2.05, 4.69) is 5.32 Å². The van der Waals surface area contributed by atoms with Gasteiger partial charge in [-0.15, -0.1) is 11.8 Å². The van der Waals surface area contributed by atoms with E-state index in [1.54, 1.807) is 12.1 Å². The summed E-state index contributed by atoms with van der Waals surface area (Å²) >= 11 is 1.17. The average Bonchev–Trinajstić information content (AvgIpc) is 2.27. The van der Waals surface area contributed by atoms with Crippen molar-refractivity contribution < 1.29 is 9.18 Å². The third-order valence-corrected chi connectivity index (χ3v) is 3.75. The number of anilines is 1. The van der Waals surface area contributed by atoms with E-state index in [0.29, 0.717) is 16.5 Å². The maximum Gasteiger partial charge on any atom is 0.230 e. The second kappa shape index (κ2) is 6.64. The zero-order valence-electron chi connectivity index (χ0n) is 10.9. The summed E-state index contributed by atoms with van der Waals surface area (Å²) in [5.41, 5.74) is 5.84. The summed E-state index contributed by atoms with van der Waals surface area (Å²) in [6.07, 6.45) is 0. The molecule has 1 rings (SSSR count). The van der Waals surface area contributed by atoms with Crippen molar-refractivity contribution in [3.63, 3.8) is 0 Å². The van der Waals surface area contributed by atoms with Crippen molar-refractivity contribution in [1.82, 2.24) is 5.32 Å². The van der Waals surface area contributed by atoms with Crippen molar-refractivity contribution in [2.45, 2.75) is 31.7 Å². The molecule has 0 aliphatic heterocycles. The van der Waals surface area contributed by atoms with Crippen LogP contribution in [0.15, 0.2) is 23.1 Å². The van der Waals surface area contributed by atoms with E-state index in [0.717, 1.165) is 0 Å². The minimum absolute atomic E-state index is 0.0857. The molecule has 0 aliphatic rings. The molecule has 1 atom stereocenters. The van der Waals surface area contributed by atoms with Gasteiger partial charge >= 0.3 is 0 Å². The number of hydrogen-bond acceptors (Lipinski definition) is 3. The lowest BCUT2D eigenvalue weighted by atomic mass is 10.1. The minimum atomic E-state index is -0.385. The number of rotatable bonds is 5. The number of halogens is 1. The lowest BCUT2D eigenvalue weighted by molar-refractivity contribution is -0.119. The predicted octanol–water partition coefficient (Wildman–Crippen LogP) is 2.66. The first-order valence-electron chi connectivity index (χ1n) is 5.87. The van der Waals surface area contributed by atoms with Crippen molar-refractivity contribution in [3.05, 3.63) is 24.0 Å². The number of carbonyl (C=O) groups is 1. The van der Waals surface area contributed by atoms with E-state index < -0.39 is 0 Å². The fourth-order valence-corrected chi connectivity index (χ4v) is 1.97. The van der Waals surface area contributed by atoms with Gasteiger partial charge in [0.2, 0.25) is 5.91 Å². The summed E-state index contributed by atoms with van der Waals surface area (Å²) in [7, 11) is 0. The third-order valence-electron chi connectivity index (χ3n) is 2.70.